The number of thioether (sulfide) groups is 1. The Morgan fingerprint density at radius 1 is 1.24 bits per heavy atom. The molecule has 1 aromatic carbocycles. The van der Waals surface area contributed by atoms with Crippen LogP contribution in [0.15, 0.2) is 52.8 Å². The van der Waals surface area contributed by atoms with E-state index in [9.17, 15) is 5.11 Å². The van der Waals surface area contributed by atoms with Crippen molar-refractivity contribution in [3.63, 3.8) is 0 Å². The minimum absolute atomic E-state index is 0.0851. The summed E-state index contributed by atoms with van der Waals surface area (Å²) in [5.41, 5.74) is 8.22. The van der Waals surface area contributed by atoms with E-state index in [0.717, 1.165) is 9.80 Å². The Morgan fingerprint density at radius 3 is 2.80 bits per heavy atom. The third-order valence-electron chi connectivity index (χ3n) is 3.97. The molecule has 0 saturated carbocycles. The van der Waals surface area contributed by atoms with E-state index in [4.69, 9.17) is 10.5 Å². The lowest BCUT2D eigenvalue weighted by Crippen LogP contribution is -2.16. The van der Waals surface area contributed by atoms with Gasteiger partial charge in [-0.15, -0.1) is 0 Å². The van der Waals surface area contributed by atoms with E-state index in [2.05, 4.69) is 46.1 Å². The molecule has 2 aromatic heterocycles. The van der Waals surface area contributed by atoms with E-state index in [1.807, 2.05) is 10.6 Å². The van der Waals surface area contributed by atoms with Crippen LogP contribution in [0, 0.1) is 6.92 Å². The van der Waals surface area contributed by atoms with Crippen LogP contribution in [0.2, 0.25) is 0 Å². The van der Waals surface area contributed by atoms with Crippen LogP contribution in [0.4, 0.5) is 5.82 Å². The molecule has 0 fully saturated rings. The van der Waals surface area contributed by atoms with Gasteiger partial charge in [0.2, 0.25) is 0 Å². The van der Waals surface area contributed by atoms with Gasteiger partial charge in [-0.2, -0.15) is 0 Å². The normalized spacial score (nSPS) is 20.2. The second-order valence-corrected chi connectivity index (χ2v) is 6.92. The standard InChI is InChI=1S/C17H17N5O2S/c1-10-2-4-12(5-3-10)25-13-6-11(7-23)24-17(13)22-9-21-14-15(18)19-8-20-16(14)22/h2-6,8-9,11,17,23H,7H2,1H3,(H2,18,19,20)/t11-,17+/m0/s1. The van der Waals surface area contributed by atoms with E-state index in [1.54, 1.807) is 18.1 Å². The highest BCUT2D eigenvalue weighted by atomic mass is 32.2. The van der Waals surface area contributed by atoms with Gasteiger partial charge in [0.05, 0.1) is 12.9 Å². The van der Waals surface area contributed by atoms with Crippen molar-refractivity contribution in [2.45, 2.75) is 24.2 Å². The van der Waals surface area contributed by atoms with Crippen LogP contribution in [-0.4, -0.2) is 37.3 Å². The first kappa shape index (κ1) is 16.1. The lowest BCUT2D eigenvalue weighted by molar-refractivity contribution is -0.00765. The van der Waals surface area contributed by atoms with Gasteiger partial charge < -0.3 is 15.6 Å². The van der Waals surface area contributed by atoms with Crippen LogP contribution >= 0.6 is 11.8 Å². The highest BCUT2D eigenvalue weighted by molar-refractivity contribution is 8.03. The van der Waals surface area contributed by atoms with Crippen molar-refractivity contribution in [3.05, 3.63) is 53.5 Å². The van der Waals surface area contributed by atoms with Gasteiger partial charge >= 0.3 is 0 Å². The van der Waals surface area contributed by atoms with Crippen molar-refractivity contribution >= 4 is 28.7 Å². The first-order valence-electron chi connectivity index (χ1n) is 7.81. The van der Waals surface area contributed by atoms with Crippen molar-refractivity contribution < 1.29 is 9.84 Å². The first-order valence-corrected chi connectivity index (χ1v) is 8.63. The lowest BCUT2D eigenvalue weighted by Gasteiger charge is -2.18. The Balaban J connectivity index is 1.70. The van der Waals surface area contributed by atoms with E-state index >= 15 is 0 Å². The van der Waals surface area contributed by atoms with Gasteiger partial charge in [-0.3, -0.25) is 4.57 Å². The second-order valence-electron chi connectivity index (χ2n) is 5.78. The van der Waals surface area contributed by atoms with Crippen molar-refractivity contribution in [3.8, 4) is 0 Å². The summed E-state index contributed by atoms with van der Waals surface area (Å²) in [6.07, 6.45) is 4.21. The average Bonchev–Trinajstić information content (AvgIpc) is 3.21. The minimum atomic E-state index is -0.414. The number of ether oxygens (including phenoxy) is 1. The van der Waals surface area contributed by atoms with Gasteiger partial charge in [-0.05, 0) is 25.1 Å². The minimum Gasteiger partial charge on any atom is -0.393 e. The van der Waals surface area contributed by atoms with Gasteiger partial charge in [0.25, 0.3) is 0 Å². The highest BCUT2D eigenvalue weighted by Crippen LogP contribution is 2.41. The number of anilines is 1. The fourth-order valence-corrected chi connectivity index (χ4v) is 3.74. The van der Waals surface area contributed by atoms with E-state index in [-0.39, 0.29) is 12.7 Å². The zero-order valence-corrected chi connectivity index (χ0v) is 14.3. The molecule has 1 aliphatic rings. The number of nitrogen functional groups attached to an aromatic ring is 1. The van der Waals surface area contributed by atoms with Gasteiger partial charge in [0, 0.05) is 9.80 Å². The number of aliphatic hydroxyl groups excluding tert-OH is 1. The Kier molecular flexibility index (Phi) is 4.16. The maximum atomic E-state index is 9.51. The molecule has 2 atom stereocenters. The average molecular weight is 355 g/mol. The number of aryl methyl sites for hydroxylation is 1. The number of imidazole rings is 1. The number of benzene rings is 1. The molecule has 7 nitrogen and oxygen atoms in total. The van der Waals surface area contributed by atoms with Crippen molar-refractivity contribution in [2.24, 2.45) is 0 Å². The Bertz CT molecular complexity index is 938. The third-order valence-corrected chi connectivity index (χ3v) is 5.05. The smallest absolute Gasteiger partial charge is 0.169 e. The molecular weight excluding hydrogens is 338 g/mol. The fraction of sp³-hybridized carbons (Fsp3) is 0.235. The molecule has 0 aliphatic carbocycles. The Hall–Kier alpha value is -2.42. The SMILES string of the molecule is Cc1ccc(SC2=C[C@@H](CO)O[C@H]2n2cnc3c(N)ncnc32)cc1. The van der Waals surface area contributed by atoms with E-state index in [0.29, 0.717) is 17.0 Å². The number of fused-ring (bicyclic) bond motifs is 1. The maximum Gasteiger partial charge on any atom is 0.169 e. The number of rotatable bonds is 4. The number of hydrogen-bond acceptors (Lipinski definition) is 7. The van der Waals surface area contributed by atoms with Gasteiger partial charge in [-0.1, -0.05) is 29.5 Å². The van der Waals surface area contributed by atoms with Gasteiger partial charge in [0.1, 0.15) is 17.9 Å². The number of aromatic nitrogens is 4. The monoisotopic (exact) mass is 355 g/mol. The Morgan fingerprint density at radius 2 is 2.04 bits per heavy atom. The van der Waals surface area contributed by atoms with Crippen molar-refractivity contribution in [1.82, 2.24) is 19.5 Å². The molecule has 4 rings (SSSR count). The molecule has 1 aliphatic heterocycles. The van der Waals surface area contributed by atoms with Crippen LogP contribution in [0.3, 0.4) is 0 Å². The summed E-state index contributed by atoms with van der Waals surface area (Å²) in [5.74, 6) is 0.331. The largest absolute Gasteiger partial charge is 0.393 e. The molecule has 25 heavy (non-hydrogen) atoms. The molecule has 0 radical (unpaired) electrons. The first-order chi connectivity index (χ1) is 12.2. The molecule has 0 unspecified atom stereocenters. The summed E-state index contributed by atoms with van der Waals surface area (Å²) in [6.45, 7) is 1.97. The second kappa shape index (κ2) is 6.47. The van der Waals surface area contributed by atoms with Crippen LogP contribution in [0.1, 0.15) is 11.8 Å². The number of hydrogen-bond donors (Lipinski definition) is 2. The molecule has 0 spiro atoms. The molecule has 3 N–H and O–H groups in total. The van der Waals surface area contributed by atoms with E-state index in [1.165, 1.54) is 11.9 Å². The van der Waals surface area contributed by atoms with Crippen LogP contribution in [-0.2, 0) is 4.74 Å². The lowest BCUT2D eigenvalue weighted by atomic mass is 10.2. The topological polar surface area (TPSA) is 99.1 Å². The molecule has 3 heterocycles. The number of nitrogens with two attached hydrogens (primary N) is 1. The third kappa shape index (κ3) is 2.99. The highest BCUT2D eigenvalue weighted by Gasteiger charge is 2.30. The summed E-state index contributed by atoms with van der Waals surface area (Å²) < 4.78 is 7.79. The molecule has 128 valence electrons. The number of aliphatic hydroxyl groups is 1. The molecule has 0 bridgehead atoms. The summed E-state index contributed by atoms with van der Waals surface area (Å²) >= 11 is 1.60. The van der Waals surface area contributed by atoms with Crippen LogP contribution in [0.5, 0.6) is 0 Å². The Labute approximate surface area is 148 Å². The predicted octanol–water partition coefficient (Wildman–Crippen LogP) is 2.28. The zero-order valence-electron chi connectivity index (χ0n) is 13.5. The molecule has 0 saturated heterocycles. The predicted molar refractivity (Wildman–Crippen MR) is 95.9 cm³/mol. The molecule has 0 amide bonds. The number of nitrogens with zero attached hydrogens (tertiary/aromatic N) is 4. The zero-order chi connectivity index (χ0) is 17.4. The molecule has 3 aromatic rings. The summed E-state index contributed by atoms with van der Waals surface area (Å²) in [5, 5.41) is 9.51. The summed E-state index contributed by atoms with van der Waals surface area (Å²) in [4.78, 5) is 14.6. The van der Waals surface area contributed by atoms with Crippen molar-refractivity contribution in [1.29, 1.82) is 0 Å². The van der Waals surface area contributed by atoms with Crippen LogP contribution in [0.25, 0.3) is 11.2 Å². The van der Waals surface area contributed by atoms with Gasteiger partial charge in [0.15, 0.2) is 17.7 Å². The quantitative estimate of drug-likeness (QED) is 0.740. The maximum absolute atomic E-state index is 9.51. The van der Waals surface area contributed by atoms with Gasteiger partial charge in [-0.25, -0.2) is 15.0 Å². The van der Waals surface area contributed by atoms with E-state index < -0.39 is 6.23 Å². The van der Waals surface area contributed by atoms with Crippen LogP contribution < -0.4 is 5.73 Å². The summed E-state index contributed by atoms with van der Waals surface area (Å²) in [7, 11) is 0. The van der Waals surface area contributed by atoms with Crippen molar-refractivity contribution in [2.75, 3.05) is 12.3 Å². The molecular formula is C17H17N5O2S. The molecule has 8 heteroatoms. The fourth-order valence-electron chi connectivity index (χ4n) is 2.70. The summed E-state index contributed by atoms with van der Waals surface area (Å²) in [6, 6.07) is 8.27.